The lowest BCUT2D eigenvalue weighted by molar-refractivity contribution is -0.145. The van der Waals surface area contributed by atoms with Gasteiger partial charge in [0, 0.05) is 37.6 Å². The molecule has 0 unspecified atom stereocenters. The van der Waals surface area contributed by atoms with Crippen LogP contribution in [0.15, 0.2) is 30.3 Å². The molecule has 0 aromatic heterocycles. The van der Waals surface area contributed by atoms with Crippen molar-refractivity contribution in [3.8, 4) is 17.2 Å². The van der Waals surface area contributed by atoms with Crippen molar-refractivity contribution in [2.45, 2.75) is 69.9 Å². The third-order valence-corrected chi connectivity index (χ3v) is 9.01. The van der Waals surface area contributed by atoms with E-state index in [2.05, 4.69) is 19.5 Å². The molecule has 0 aliphatic carbocycles. The second kappa shape index (κ2) is 21.7. The van der Waals surface area contributed by atoms with E-state index in [0.717, 1.165) is 0 Å². The van der Waals surface area contributed by atoms with Crippen molar-refractivity contribution in [3.05, 3.63) is 123 Å². The van der Waals surface area contributed by atoms with Crippen LogP contribution in [0.25, 0.3) is 0 Å². The normalized spacial score (nSPS) is 11.3. The maximum atomic E-state index is 14.3. The zero-order chi connectivity index (χ0) is 48.5. The molecule has 0 bridgehead atoms. The minimum absolute atomic E-state index is 0.196. The number of ether oxygens (including phenoxy) is 4. The van der Waals surface area contributed by atoms with Crippen LogP contribution < -0.4 is 19.5 Å². The summed E-state index contributed by atoms with van der Waals surface area (Å²) < 4.78 is 228. The van der Waals surface area contributed by atoms with Gasteiger partial charge in [0.1, 0.15) is 6.61 Å². The van der Waals surface area contributed by atoms with Gasteiger partial charge in [0.15, 0.2) is 0 Å². The van der Waals surface area contributed by atoms with Crippen molar-refractivity contribution >= 4 is 29.8 Å². The topological polar surface area (TPSA) is 134 Å². The van der Waals surface area contributed by atoms with Gasteiger partial charge in [-0.25, -0.2) is 39.5 Å². The van der Waals surface area contributed by atoms with Gasteiger partial charge in [-0.2, -0.15) is 26.3 Å². The summed E-state index contributed by atoms with van der Waals surface area (Å²) in [6.07, 6.45) is -8.80. The number of nitrogens with one attached hydrogen (secondary N) is 1. The number of esters is 4. The maximum absolute atomic E-state index is 14.3. The zero-order valence-electron chi connectivity index (χ0n) is 32.3. The molecule has 4 aromatic carbocycles. The van der Waals surface area contributed by atoms with E-state index >= 15 is 0 Å². The summed E-state index contributed by atoms with van der Waals surface area (Å²) in [5.41, 5.74) is -1.88. The van der Waals surface area contributed by atoms with Crippen molar-refractivity contribution in [2.24, 2.45) is 0 Å². The van der Waals surface area contributed by atoms with Crippen LogP contribution >= 0.6 is 0 Å². The largest absolute Gasteiger partial charge is 0.461 e. The first-order valence-electron chi connectivity index (χ1n) is 18.2. The van der Waals surface area contributed by atoms with Crippen LogP contribution in [-0.2, 0) is 35.3 Å². The molecule has 4 aromatic rings. The van der Waals surface area contributed by atoms with E-state index in [1.807, 2.05) is 0 Å². The Kier molecular flexibility index (Phi) is 17.0. The quantitative estimate of drug-likeness (QED) is 0.0322. The Labute approximate surface area is 354 Å². The van der Waals surface area contributed by atoms with E-state index in [0.29, 0.717) is 5.56 Å². The molecule has 0 spiro atoms. The molecule has 4 rings (SSSR count). The molecule has 0 heterocycles. The Morgan fingerprint density at radius 3 is 1.03 bits per heavy atom. The number of carbonyl (C=O) groups is 5. The van der Waals surface area contributed by atoms with Crippen molar-refractivity contribution in [2.75, 3.05) is 0 Å². The summed E-state index contributed by atoms with van der Waals surface area (Å²) in [5.74, 6) is -53.5. The molecule has 0 aliphatic heterocycles. The van der Waals surface area contributed by atoms with Gasteiger partial charge < -0.3 is 24.3 Å². The van der Waals surface area contributed by atoms with E-state index in [4.69, 9.17) is 4.74 Å². The second-order valence-corrected chi connectivity index (χ2v) is 13.4. The predicted molar refractivity (Wildman–Crippen MR) is 184 cm³/mol. The number of halogens is 15. The van der Waals surface area contributed by atoms with Gasteiger partial charge in [-0.1, -0.05) is 30.3 Å². The van der Waals surface area contributed by atoms with Crippen LogP contribution in [0, 0.1) is 87.3 Å². The fraction of sp³-hybridized carbons (Fsp3) is 0.275. The van der Waals surface area contributed by atoms with Crippen LogP contribution in [0.4, 0.5) is 65.9 Å². The molecule has 1 N–H and O–H groups in total. The monoisotopic (exact) mass is 949 g/mol. The maximum Gasteiger partial charge on any atom is 0.311 e. The molecule has 0 saturated carbocycles. The smallest absolute Gasteiger partial charge is 0.311 e. The first-order valence-corrected chi connectivity index (χ1v) is 18.2. The summed E-state index contributed by atoms with van der Waals surface area (Å²) in [4.78, 5) is 64.2. The van der Waals surface area contributed by atoms with Crippen molar-refractivity contribution in [1.29, 1.82) is 0 Å². The molecule has 0 atom stereocenters. The number of rotatable bonds is 19. The molecule has 0 fully saturated rings. The number of hydrogen-bond donors (Lipinski definition) is 1. The fourth-order valence-electron chi connectivity index (χ4n) is 5.67. The molecule has 0 radical (unpaired) electrons. The van der Waals surface area contributed by atoms with Crippen molar-refractivity contribution in [1.82, 2.24) is 5.32 Å². The van der Waals surface area contributed by atoms with Crippen molar-refractivity contribution < 1.29 is 109 Å². The average Bonchev–Trinajstić information content (AvgIpc) is 3.29. The Balaban J connectivity index is 1.66. The van der Waals surface area contributed by atoms with Crippen LogP contribution in [0.5, 0.6) is 17.2 Å². The highest BCUT2D eigenvalue weighted by Crippen LogP contribution is 2.34. The Morgan fingerprint density at radius 1 is 0.400 bits per heavy atom. The summed E-state index contributed by atoms with van der Waals surface area (Å²) in [7, 11) is 0. The average molecular weight is 950 g/mol. The third kappa shape index (κ3) is 12.3. The molecule has 10 nitrogen and oxygen atoms in total. The number of benzene rings is 4. The summed E-state index contributed by atoms with van der Waals surface area (Å²) in [5, 5.41) is 2.20. The summed E-state index contributed by atoms with van der Waals surface area (Å²) in [6.45, 7) is -0.196. The molecule has 0 aliphatic rings. The van der Waals surface area contributed by atoms with Crippen LogP contribution in [-0.4, -0.2) is 35.3 Å². The van der Waals surface area contributed by atoms with Crippen molar-refractivity contribution in [3.63, 3.8) is 0 Å². The second-order valence-electron chi connectivity index (χ2n) is 13.4. The van der Waals surface area contributed by atoms with E-state index in [1.54, 1.807) is 30.3 Å². The minimum atomic E-state index is -2.67. The summed E-state index contributed by atoms with van der Waals surface area (Å²) in [6, 6.07) is 8.16. The molecule has 0 saturated heterocycles. The van der Waals surface area contributed by atoms with E-state index in [1.165, 1.54) is 0 Å². The Hall–Kier alpha value is -6.82. The molecule has 350 valence electrons. The lowest BCUT2D eigenvalue weighted by atomic mass is 9.83. The SMILES string of the molecule is O=C(CCCC(=O)OCc1ccccc1)NC(CCC(=O)Oc1c(F)c(F)c(F)c(F)c1F)(CCC(=O)Oc1c(F)c(F)c(F)c(F)c1F)CCC(=O)Oc1c(F)c(F)c(F)c(F)c1F. The minimum Gasteiger partial charge on any atom is -0.461 e. The van der Waals surface area contributed by atoms with Crippen LogP contribution in [0.3, 0.4) is 0 Å². The van der Waals surface area contributed by atoms with Gasteiger partial charge in [0.25, 0.3) is 0 Å². The van der Waals surface area contributed by atoms with Gasteiger partial charge in [-0.15, -0.1) is 0 Å². The molecular weight excluding hydrogens is 923 g/mol. The summed E-state index contributed by atoms with van der Waals surface area (Å²) >= 11 is 0. The Morgan fingerprint density at radius 2 is 0.708 bits per heavy atom. The number of hydrogen-bond acceptors (Lipinski definition) is 9. The van der Waals surface area contributed by atoms with E-state index < -0.39 is 191 Å². The highest BCUT2D eigenvalue weighted by Gasteiger charge is 2.37. The highest BCUT2D eigenvalue weighted by atomic mass is 19.2. The molecule has 25 heteroatoms. The lowest BCUT2D eigenvalue weighted by Gasteiger charge is -2.35. The van der Waals surface area contributed by atoms with Crippen LogP contribution in [0.2, 0.25) is 0 Å². The van der Waals surface area contributed by atoms with Gasteiger partial charge in [-0.3, -0.25) is 24.0 Å². The first-order chi connectivity index (χ1) is 30.5. The molecular formula is C40H26F15NO9. The van der Waals surface area contributed by atoms with Gasteiger partial charge in [-0.05, 0) is 31.2 Å². The number of carbonyl (C=O) groups excluding carboxylic acids is 5. The standard InChI is InChI=1S/C40H26F15NO9/c41-22-25(44)31(50)37(32(51)26(22)45)63-19(59)9-12-40(13-10-20(60)64-38-33(52)27(46)23(42)28(47)34(38)53,14-11-21(61)65-39-35(54)29(48)24(43)30(49)36(39)55)56-17(57)7-4-8-18(58)62-15-16-5-2-1-3-6-16/h1-3,5-6H,4,7-15H2,(H,56,57). The predicted octanol–water partition coefficient (Wildman–Crippen LogP) is 9.00. The zero-order valence-corrected chi connectivity index (χ0v) is 32.3. The fourth-order valence-corrected chi connectivity index (χ4v) is 5.67. The third-order valence-electron chi connectivity index (χ3n) is 9.01. The van der Waals surface area contributed by atoms with Gasteiger partial charge in [0.05, 0.1) is 0 Å². The van der Waals surface area contributed by atoms with Gasteiger partial charge in [0.2, 0.25) is 110 Å². The van der Waals surface area contributed by atoms with Gasteiger partial charge >= 0.3 is 23.9 Å². The highest BCUT2D eigenvalue weighted by molar-refractivity contribution is 5.79. The molecule has 65 heavy (non-hydrogen) atoms. The lowest BCUT2D eigenvalue weighted by Crippen LogP contribution is -2.50. The first kappa shape index (κ1) is 50.8. The van der Waals surface area contributed by atoms with E-state index in [-0.39, 0.29) is 13.0 Å². The van der Waals surface area contributed by atoms with E-state index in [9.17, 15) is 89.8 Å². The Bertz CT molecular complexity index is 2210. The van der Waals surface area contributed by atoms with Crippen LogP contribution in [0.1, 0.15) is 63.4 Å². The number of amides is 1. The molecule has 1 amide bonds.